The van der Waals surface area contributed by atoms with Crippen molar-refractivity contribution in [2.24, 2.45) is 0 Å². The molecule has 1 aliphatic heterocycles. The minimum atomic E-state index is -2.22. The summed E-state index contributed by atoms with van der Waals surface area (Å²) in [7, 11) is -4.43. The van der Waals surface area contributed by atoms with Crippen molar-refractivity contribution >= 4 is 22.3 Å². The Hall–Kier alpha value is -2.29. The minimum Gasteiger partial charge on any atom is -0.472 e. The molecule has 1 aromatic heterocycles. The average Bonchev–Trinajstić information content (AvgIpc) is 3.11. The maximum Gasteiger partial charge on any atom is 0.348 e. The first-order valence-electron chi connectivity index (χ1n) is 11.7. The third-order valence-electron chi connectivity index (χ3n) is 7.72. The van der Waals surface area contributed by atoms with Gasteiger partial charge in [0, 0.05) is 12.1 Å². The quantitative estimate of drug-likeness (QED) is 0.305. The molecule has 0 atom stereocenters. The SMILES string of the molecule is CC(C)(C)[Si](C)(C)OCC1(CO[Si](C)(C)C(C)(C)C)Oc2ccc([N+](=O)[O-])cc2-n2c1n[nH]c2=O. The van der Waals surface area contributed by atoms with Crippen molar-refractivity contribution in [2.75, 3.05) is 13.2 Å². The number of hydrogen-bond acceptors (Lipinski definition) is 7. The van der Waals surface area contributed by atoms with E-state index in [1.54, 1.807) is 0 Å². The monoisotopic (exact) mass is 522 g/mol. The van der Waals surface area contributed by atoms with Crippen LogP contribution in [0.25, 0.3) is 5.69 Å². The first-order valence-corrected chi connectivity index (χ1v) is 17.6. The third kappa shape index (κ3) is 5.02. The number of nitro benzene ring substituents is 1. The molecule has 2 heterocycles. The number of nitrogens with one attached hydrogen (secondary N) is 1. The molecule has 35 heavy (non-hydrogen) atoms. The number of non-ortho nitro benzene ring substituents is 1. The number of rotatable bonds is 7. The number of ether oxygens (including phenoxy) is 1. The summed E-state index contributed by atoms with van der Waals surface area (Å²) in [6, 6.07) is 4.20. The van der Waals surface area contributed by atoms with E-state index < -0.39 is 32.8 Å². The number of benzene rings is 1. The molecule has 0 fully saturated rings. The zero-order valence-electron chi connectivity index (χ0n) is 22.4. The van der Waals surface area contributed by atoms with E-state index in [9.17, 15) is 14.9 Å². The zero-order chi connectivity index (χ0) is 26.6. The van der Waals surface area contributed by atoms with Crippen molar-refractivity contribution in [3.8, 4) is 11.4 Å². The lowest BCUT2D eigenvalue weighted by Gasteiger charge is -2.44. The van der Waals surface area contributed by atoms with Crippen molar-refractivity contribution in [1.82, 2.24) is 14.8 Å². The van der Waals surface area contributed by atoms with Crippen molar-refractivity contribution in [1.29, 1.82) is 0 Å². The number of aromatic nitrogens is 3. The molecule has 0 amide bonds. The number of fused-ring (bicyclic) bond motifs is 3. The molecule has 3 rings (SSSR count). The van der Waals surface area contributed by atoms with Gasteiger partial charge in [0.05, 0.1) is 18.1 Å². The Labute approximate surface area is 208 Å². The Balaban J connectivity index is 2.14. The predicted octanol–water partition coefficient (Wildman–Crippen LogP) is 5.10. The summed E-state index contributed by atoms with van der Waals surface area (Å²) >= 11 is 0. The van der Waals surface area contributed by atoms with E-state index in [-0.39, 0.29) is 40.5 Å². The van der Waals surface area contributed by atoms with Gasteiger partial charge in [0.15, 0.2) is 22.5 Å². The van der Waals surface area contributed by atoms with Crippen LogP contribution in [0.4, 0.5) is 5.69 Å². The molecular weight excluding hydrogens is 484 g/mol. The fraction of sp³-hybridized carbons (Fsp3) is 0.652. The van der Waals surface area contributed by atoms with Gasteiger partial charge in [0.25, 0.3) is 5.69 Å². The maximum atomic E-state index is 12.9. The van der Waals surface area contributed by atoms with Crippen LogP contribution < -0.4 is 10.4 Å². The van der Waals surface area contributed by atoms with Crippen LogP contribution in [0.2, 0.25) is 36.3 Å². The topological polar surface area (TPSA) is 122 Å². The molecule has 1 N–H and O–H groups in total. The van der Waals surface area contributed by atoms with Crippen LogP contribution in [0.3, 0.4) is 0 Å². The average molecular weight is 523 g/mol. The van der Waals surface area contributed by atoms with Gasteiger partial charge in [-0.05, 0) is 42.3 Å². The third-order valence-corrected chi connectivity index (χ3v) is 16.7. The van der Waals surface area contributed by atoms with Crippen LogP contribution in [-0.2, 0) is 14.5 Å². The van der Waals surface area contributed by atoms with Crippen molar-refractivity contribution < 1.29 is 18.5 Å². The van der Waals surface area contributed by atoms with E-state index in [0.29, 0.717) is 5.75 Å². The molecule has 0 spiro atoms. The Morgan fingerprint density at radius 1 is 1.06 bits per heavy atom. The highest BCUT2D eigenvalue weighted by atomic mass is 28.4. The summed E-state index contributed by atoms with van der Waals surface area (Å²) in [4.78, 5) is 23.8. The molecular formula is C23H38N4O6Si2. The molecule has 2 aromatic rings. The molecule has 0 bridgehead atoms. The van der Waals surface area contributed by atoms with Crippen LogP contribution in [0.5, 0.6) is 5.75 Å². The number of nitrogens with zero attached hydrogens (tertiary/aromatic N) is 3. The maximum absolute atomic E-state index is 12.9. The highest BCUT2D eigenvalue weighted by Gasteiger charge is 2.50. The Kier molecular flexibility index (Phi) is 6.77. The number of nitro groups is 1. The molecule has 0 radical (unpaired) electrons. The van der Waals surface area contributed by atoms with Gasteiger partial charge in [-0.3, -0.25) is 10.1 Å². The summed E-state index contributed by atoms with van der Waals surface area (Å²) in [5.74, 6) is 0.622. The van der Waals surface area contributed by atoms with Gasteiger partial charge in [-0.2, -0.15) is 5.10 Å². The lowest BCUT2D eigenvalue weighted by Crippen LogP contribution is -2.54. The second kappa shape index (κ2) is 8.68. The highest BCUT2D eigenvalue weighted by molar-refractivity contribution is 6.74. The number of hydrogen-bond donors (Lipinski definition) is 1. The van der Waals surface area contributed by atoms with E-state index in [0.717, 1.165) is 0 Å². The number of aromatic amines is 1. The Morgan fingerprint density at radius 2 is 1.57 bits per heavy atom. The minimum absolute atomic E-state index is 0.0487. The highest BCUT2D eigenvalue weighted by Crippen LogP contribution is 2.44. The molecule has 0 aliphatic carbocycles. The number of H-pyrrole nitrogens is 1. The van der Waals surface area contributed by atoms with Gasteiger partial charge in [-0.1, -0.05) is 41.5 Å². The smallest absolute Gasteiger partial charge is 0.348 e. The van der Waals surface area contributed by atoms with Gasteiger partial charge in [0.1, 0.15) is 11.4 Å². The molecule has 1 aromatic carbocycles. The van der Waals surface area contributed by atoms with Crippen LogP contribution in [0.1, 0.15) is 47.4 Å². The lowest BCUT2D eigenvalue weighted by atomic mass is 10.0. The predicted molar refractivity (Wildman–Crippen MR) is 139 cm³/mol. The molecule has 0 unspecified atom stereocenters. The van der Waals surface area contributed by atoms with E-state index in [2.05, 4.69) is 77.9 Å². The van der Waals surface area contributed by atoms with Crippen molar-refractivity contribution in [3.05, 3.63) is 44.6 Å². The van der Waals surface area contributed by atoms with Gasteiger partial charge in [-0.15, -0.1) is 0 Å². The van der Waals surface area contributed by atoms with E-state index in [4.69, 9.17) is 13.6 Å². The molecule has 0 saturated carbocycles. The fourth-order valence-electron chi connectivity index (χ4n) is 3.22. The Bertz CT molecular complexity index is 1140. The summed E-state index contributed by atoms with van der Waals surface area (Å²) in [6.45, 7) is 21.7. The van der Waals surface area contributed by atoms with Crippen LogP contribution in [-0.4, -0.2) is 49.5 Å². The molecule has 12 heteroatoms. The van der Waals surface area contributed by atoms with E-state index >= 15 is 0 Å². The molecule has 1 aliphatic rings. The molecule has 0 saturated heterocycles. The van der Waals surface area contributed by atoms with Crippen LogP contribution >= 0.6 is 0 Å². The van der Waals surface area contributed by atoms with Gasteiger partial charge in [0.2, 0.25) is 5.60 Å². The largest absolute Gasteiger partial charge is 0.472 e. The summed E-state index contributed by atoms with van der Waals surface area (Å²) in [5.41, 5.74) is -1.60. The van der Waals surface area contributed by atoms with Gasteiger partial charge >= 0.3 is 5.69 Å². The van der Waals surface area contributed by atoms with Crippen LogP contribution in [0, 0.1) is 10.1 Å². The lowest BCUT2D eigenvalue weighted by molar-refractivity contribution is -0.384. The van der Waals surface area contributed by atoms with Gasteiger partial charge in [-0.25, -0.2) is 14.5 Å². The first-order chi connectivity index (χ1) is 15.8. The summed E-state index contributed by atoms with van der Waals surface area (Å²) < 4.78 is 21.1. The summed E-state index contributed by atoms with van der Waals surface area (Å²) in [6.07, 6.45) is 0. The second-order valence-corrected chi connectivity index (χ2v) is 21.9. The van der Waals surface area contributed by atoms with Crippen LogP contribution in [0.15, 0.2) is 23.0 Å². The normalized spacial score (nSPS) is 15.8. The van der Waals surface area contributed by atoms with Crippen molar-refractivity contribution in [2.45, 2.75) is 83.4 Å². The second-order valence-electron chi connectivity index (χ2n) is 12.3. The first kappa shape index (κ1) is 27.3. The van der Waals surface area contributed by atoms with E-state index in [1.165, 1.54) is 22.8 Å². The van der Waals surface area contributed by atoms with Crippen molar-refractivity contribution in [3.63, 3.8) is 0 Å². The Morgan fingerprint density at radius 3 is 2.03 bits per heavy atom. The van der Waals surface area contributed by atoms with Gasteiger partial charge < -0.3 is 13.6 Å². The zero-order valence-corrected chi connectivity index (χ0v) is 24.4. The fourth-order valence-corrected chi connectivity index (χ4v) is 5.27. The molecule has 10 nitrogen and oxygen atoms in total. The molecule has 194 valence electrons. The summed E-state index contributed by atoms with van der Waals surface area (Å²) in [5, 5.41) is 18.1. The van der Waals surface area contributed by atoms with E-state index in [1.807, 2.05) is 0 Å². The standard InChI is InChI=1S/C23H38N4O6Si2/c1-21(2,3)34(7,8)31-14-23(15-32-35(9,10)22(4,5)6)19-24-25-20(28)26(19)17-13-16(27(29)30)11-12-18(17)33-23/h11-13H,14-15H2,1-10H3,(H,25,28).